The van der Waals surface area contributed by atoms with Gasteiger partial charge in [0.05, 0.1) is 19.3 Å². The van der Waals surface area contributed by atoms with Crippen LogP contribution in [0.4, 0.5) is 4.79 Å². The maximum absolute atomic E-state index is 13.0. The molecule has 1 atom stereocenters. The van der Waals surface area contributed by atoms with E-state index in [1.54, 1.807) is 0 Å². The van der Waals surface area contributed by atoms with Gasteiger partial charge in [-0.3, -0.25) is 0 Å². The molecule has 0 N–H and O–H groups in total. The number of amides is 1. The van der Waals surface area contributed by atoms with Crippen LogP contribution in [-0.4, -0.2) is 42.1 Å². The Bertz CT molecular complexity index is 722. The number of benzene rings is 1. The van der Waals surface area contributed by atoms with Gasteiger partial charge >= 0.3 is 6.09 Å². The molecule has 29 heavy (non-hydrogen) atoms. The lowest BCUT2D eigenvalue weighted by atomic mass is 9.77. The van der Waals surface area contributed by atoms with E-state index in [1.807, 2.05) is 4.90 Å². The second kappa shape index (κ2) is 7.59. The minimum Gasteiger partial charge on any atom is -0.443 e. The number of ether oxygens (including phenoxy) is 3. The van der Waals surface area contributed by atoms with Crippen molar-refractivity contribution in [2.75, 3.05) is 19.8 Å². The van der Waals surface area contributed by atoms with Gasteiger partial charge in [0, 0.05) is 31.2 Å². The first kappa shape index (κ1) is 20.7. The Morgan fingerprint density at radius 2 is 1.62 bits per heavy atom. The molecular formula is C24H35NO4. The zero-order chi connectivity index (χ0) is 20.7. The van der Waals surface area contributed by atoms with Crippen LogP contribution < -0.4 is 0 Å². The van der Waals surface area contributed by atoms with E-state index in [0.29, 0.717) is 0 Å². The fraction of sp³-hybridized carbons (Fsp3) is 0.708. The molecule has 1 unspecified atom stereocenters. The van der Waals surface area contributed by atoms with E-state index in [1.165, 1.54) is 11.1 Å². The SMILES string of the molecule is CCC(c1ccc(C)cc1)N1CCC2(CCC3(CC2)OCC(C)(C)CO3)OC1=O. The van der Waals surface area contributed by atoms with Gasteiger partial charge in [0.25, 0.3) is 0 Å². The third-order valence-corrected chi connectivity index (χ3v) is 6.95. The summed E-state index contributed by atoms with van der Waals surface area (Å²) in [6.07, 6.45) is 4.81. The van der Waals surface area contributed by atoms with Crippen molar-refractivity contribution in [1.82, 2.24) is 4.90 Å². The van der Waals surface area contributed by atoms with Gasteiger partial charge in [0.1, 0.15) is 5.60 Å². The lowest BCUT2D eigenvalue weighted by molar-refractivity contribution is -0.320. The highest BCUT2D eigenvalue weighted by Gasteiger charge is 2.51. The molecule has 2 aliphatic heterocycles. The highest BCUT2D eigenvalue weighted by Crippen LogP contribution is 2.47. The number of rotatable bonds is 3. The quantitative estimate of drug-likeness (QED) is 0.683. The molecule has 1 saturated carbocycles. The molecule has 160 valence electrons. The highest BCUT2D eigenvalue weighted by atomic mass is 16.7. The summed E-state index contributed by atoms with van der Waals surface area (Å²) in [5, 5.41) is 0. The van der Waals surface area contributed by atoms with Gasteiger partial charge in [-0.05, 0) is 31.7 Å². The van der Waals surface area contributed by atoms with Gasteiger partial charge in [-0.25, -0.2) is 4.79 Å². The third-order valence-electron chi connectivity index (χ3n) is 6.95. The van der Waals surface area contributed by atoms with Gasteiger partial charge in [0.15, 0.2) is 5.79 Å². The molecule has 0 radical (unpaired) electrons. The van der Waals surface area contributed by atoms with Crippen LogP contribution in [0.5, 0.6) is 0 Å². The lowest BCUT2D eigenvalue weighted by Crippen LogP contribution is -2.57. The second-order valence-electron chi connectivity index (χ2n) is 9.98. The van der Waals surface area contributed by atoms with Crippen molar-refractivity contribution in [1.29, 1.82) is 0 Å². The van der Waals surface area contributed by atoms with Gasteiger partial charge in [-0.15, -0.1) is 0 Å². The molecule has 2 spiro atoms. The first-order valence-electron chi connectivity index (χ1n) is 11.1. The predicted molar refractivity (Wildman–Crippen MR) is 112 cm³/mol. The first-order valence-corrected chi connectivity index (χ1v) is 11.1. The lowest BCUT2D eigenvalue weighted by Gasteiger charge is -2.51. The largest absolute Gasteiger partial charge is 0.443 e. The standard InChI is InChI=1S/C24H35NO4/c1-5-20(19-8-6-18(2)7-9-19)25-15-14-23(29-21(25)26)10-12-24(13-11-23)27-16-22(3,4)17-28-24/h6-9,20H,5,10-17H2,1-4H3. The molecule has 2 saturated heterocycles. The van der Waals surface area contributed by atoms with Crippen LogP contribution in [0.3, 0.4) is 0 Å². The second-order valence-corrected chi connectivity index (χ2v) is 9.98. The molecule has 5 heteroatoms. The van der Waals surface area contributed by atoms with E-state index in [-0.39, 0.29) is 23.2 Å². The number of hydrogen-bond donors (Lipinski definition) is 0. The Balaban J connectivity index is 1.39. The number of carbonyl (C=O) groups excluding carboxylic acids is 1. The van der Waals surface area contributed by atoms with Crippen molar-refractivity contribution in [3.63, 3.8) is 0 Å². The third kappa shape index (κ3) is 4.17. The van der Waals surface area contributed by atoms with Crippen LogP contribution in [0.15, 0.2) is 24.3 Å². The Hall–Kier alpha value is -1.59. The topological polar surface area (TPSA) is 48.0 Å². The average molecular weight is 402 g/mol. The van der Waals surface area contributed by atoms with E-state index < -0.39 is 5.79 Å². The van der Waals surface area contributed by atoms with Crippen molar-refractivity contribution in [3.05, 3.63) is 35.4 Å². The monoisotopic (exact) mass is 401 g/mol. The summed E-state index contributed by atoms with van der Waals surface area (Å²) in [7, 11) is 0. The van der Waals surface area contributed by atoms with Gasteiger partial charge < -0.3 is 19.1 Å². The molecule has 3 fully saturated rings. The summed E-state index contributed by atoms with van der Waals surface area (Å²) < 4.78 is 18.4. The van der Waals surface area contributed by atoms with Crippen molar-refractivity contribution < 1.29 is 19.0 Å². The maximum atomic E-state index is 13.0. The number of nitrogens with zero attached hydrogens (tertiary/aromatic N) is 1. The highest BCUT2D eigenvalue weighted by molar-refractivity contribution is 5.70. The molecule has 1 aromatic carbocycles. The van der Waals surface area contributed by atoms with E-state index in [4.69, 9.17) is 14.2 Å². The maximum Gasteiger partial charge on any atom is 0.410 e. The fourth-order valence-corrected chi connectivity index (χ4v) is 4.88. The van der Waals surface area contributed by atoms with Gasteiger partial charge in [-0.1, -0.05) is 50.6 Å². The Morgan fingerprint density at radius 3 is 2.17 bits per heavy atom. The van der Waals surface area contributed by atoms with Crippen LogP contribution >= 0.6 is 0 Å². The van der Waals surface area contributed by atoms with Crippen LogP contribution in [0, 0.1) is 12.3 Å². The predicted octanol–water partition coefficient (Wildman–Crippen LogP) is 5.37. The normalized spacial score (nSPS) is 26.3. The van der Waals surface area contributed by atoms with Crippen molar-refractivity contribution in [2.45, 2.75) is 83.6 Å². The van der Waals surface area contributed by atoms with E-state index >= 15 is 0 Å². The van der Waals surface area contributed by atoms with Crippen molar-refractivity contribution >= 4 is 6.09 Å². The minimum absolute atomic E-state index is 0.0719. The van der Waals surface area contributed by atoms with Crippen molar-refractivity contribution in [3.8, 4) is 0 Å². The number of carbonyl (C=O) groups is 1. The van der Waals surface area contributed by atoms with Crippen LogP contribution in [0.25, 0.3) is 0 Å². The summed E-state index contributed by atoms with van der Waals surface area (Å²) in [6.45, 7) is 10.7. The molecule has 0 aromatic heterocycles. The first-order chi connectivity index (χ1) is 13.8. The molecule has 1 aromatic rings. The van der Waals surface area contributed by atoms with Crippen LogP contribution in [0.2, 0.25) is 0 Å². The summed E-state index contributed by atoms with van der Waals surface area (Å²) in [4.78, 5) is 14.9. The van der Waals surface area contributed by atoms with Gasteiger partial charge in [-0.2, -0.15) is 0 Å². The zero-order valence-corrected chi connectivity index (χ0v) is 18.3. The molecule has 5 nitrogen and oxygen atoms in total. The Labute approximate surface area is 174 Å². The summed E-state index contributed by atoms with van der Waals surface area (Å²) in [5.74, 6) is -0.474. The summed E-state index contributed by atoms with van der Waals surface area (Å²) >= 11 is 0. The summed E-state index contributed by atoms with van der Waals surface area (Å²) in [5.41, 5.74) is 2.13. The molecule has 1 aliphatic carbocycles. The van der Waals surface area contributed by atoms with Crippen LogP contribution in [0.1, 0.15) is 76.5 Å². The molecular weight excluding hydrogens is 366 g/mol. The van der Waals surface area contributed by atoms with E-state index in [9.17, 15) is 4.79 Å². The molecule has 2 heterocycles. The molecule has 4 rings (SSSR count). The van der Waals surface area contributed by atoms with Gasteiger partial charge in [0.2, 0.25) is 0 Å². The smallest absolute Gasteiger partial charge is 0.410 e. The number of hydrogen-bond acceptors (Lipinski definition) is 4. The average Bonchev–Trinajstić information content (AvgIpc) is 2.70. The molecule has 3 aliphatic rings. The Kier molecular flexibility index (Phi) is 5.41. The number of aryl methyl sites for hydroxylation is 1. The van der Waals surface area contributed by atoms with Crippen molar-refractivity contribution in [2.24, 2.45) is 5.41 Å². The van der Waals surface area contributed by atoms with E-state index in [2.05, 4.69) is 52.0 Å². The molecule has 0 bridgehead atoms. The van der Waals surface area contributed by atoms with E-state index in [0.717, 1.165) is 58.3 Å². The van der Waals surface area contributed by atoms with Crippen LogP contribution in [-0.2, 0) is 14.2 Å². The Morgan fingerprint density at radius 1 is 1.00 bits per heavy atom. The minimum atomic E-state index is -0.474. The fourth-order valence-electron chi connectivity index (χ4n) is 4.88. The summed E-state index contributed by atoms with van der Waals surface area (Å²) in [6, 6.07) is 8.56. The molecule has 1 amide bonds. The zero-order valence-electron chi connectivity index (χ0n) is 18.3.